The summed E-state index contributed by atoms with van der Waals surface area (Å²) in [6.45, 7) is 0. The van der Waals surface area contributed by atoms with Crippen LogP contribution < -0.4 is 0 Å². The molecule has 2 heterocycles. The number of thiophene rings is 1. The van der Waals surface area contributed by atoms with Gasteiger partial charge in [-0.3, -0.25) is 0 Å². The summed E-state index contributed by atoms with van der Waals surface area (Å²) in [5, 5.41) is 19.4. The topological polar surface area (TPSA) is 54.5 Å². The van der Waals surface area contributed by atoms with Gasteiger partial charge in [0.15, 0.2) is 11.0 Å². The van der Waals surface area contributed by atoms with E-state index in [1.165, 1.54) is 11.8 Å². The lowest BCUT2D eigenvalue weighted by Crippen LogP contribution is -1.93. The number of nitrogens with zero attached hydrogens (tertiary/aromatic N) is 4. The van der Waals surface area contributed by atoms with Gasteiger partial charge in [0.1, 0.15) is 0 Å². The fourth-order valence-electron chi connectivity index (χ4n) is 1.16. The second-order valence-electron chi connectivity index (χ2n) is 2.79. The Hall–Kier alpha value is -1.32. The highest BCUT2D eigenvalue weighted by Crippen LogP contribution is 2.25. The molecule has 0 aromatic carbocycles. The SMILES string of the molecule is Cn1c(SCC#N)nnc1-c1cccs1. The lowest BCUT2D eigenvalue weighted by Gasteiger charge is -1.99. The van der Waals surface area contributed by atoms with Crippen LogP contribution in [0, 0.1) is 11.3 Å². The molecular weight excluding hydrogens is 228 g/mol. The average molecular weight is 236 g/mol. The van der Waals surface area contributed by atoms with Gasteiger partial charge in [-0.1, -0.05) is 17.8 Å². The van der Waals surface area contributed by atoms with Gasteiger partial charge in [0.25, 0.3) is 0 Å². The maximum atomic E-state index is 8.48. The number of nitriles is 1. The van der Waals surface area contributed by atoms with Gasteiger partial charge >= 0.3 is 0 Å². The lowest BCUT2D eigenvalue weighted by molar-refractivity contribution is 0.796. The Labute approximate surface area is 95.6 Å². The number of thioether (sulfide) groups is 1. The first-order valence-corrected chi connectivity index (χ1v) is 6.12. The zero-order chi connectivity index (χ0) is 10.7. The fraction of sp³-hybridized carbons (Fsp3) is 0.222. The molecule has 0 N–H and O–H groups in total. The van der Waals surface area contributed by atoms with Crippen molar-refractivity contribution in [1.29, 1.82) is 5.26 Å². The molecular formula is C9H8N4S2. The van der Waals surface area contributed by atoms with Crippen molar-refractivity contribution in [2.75, 3.05) is 5.75 Å². The molecule has 6 heteroatoms. The average Bonchev–Trinajstić information content (AvgIpc) is 2.84. The standard InChI is InChI=1S/C9H8N4S2/c1-13-8(7-3-2-5-14-7)11-12-9(13)15-6-4-10/h2-3,5H,6H2,1H3. The van der Waals surface area contributed by atoms with Crippen LogP contribution in [0.25, 0.3) is 10.7 Å². The Morgan fingerprint density at radius 3 is 3.13 bits per heavy atom. The summed E-state index contributed by atoms with van der Waals surface area (Å²) in [5.74, 6) is 1.25. The first-order valence-electron chi connectivity index (χ1n) is 4.26. The van der Waals surface area contributed by atoms with Crippen molar-refractivity contribution in [1.82, 2.24) is 14.8 Å². The summed E-state index contributed by atoms with van der Waals surface area (Å²) in [4.78, 5) is 1.09. The Bertz CT molecular complexity index is 481. The summed E-state index contributed by atoms with van der Waals surface area (Å²) in [6.07, 6.45) is 0. The third kappa shape index (κ3) is 2.03. The van der Waals surface area contributed by atoms with Crippen LogP contribution in [0.5, 0.6) is 0 Å². The van der Waals surface area contributed by atoms with Crippen LogP contribution in [-0.2, 0) is 7.05 Å². The van der Waals surface area contributed by atoms with Gasteiger partial charge < -0.3 is 4.57 Å². The van der Waals surface area contributed by atoms with Gasteiger partial charge in [0.2, 0.25) is 0 Å². The Morgan fingerprint density at radius 2 is 2.47 bits per heavy atom. The molecule has 0 aliphatic carbocycles. The van der Waals surface area contributed by atoms with Gasteiger partial charge in [-0.05, 0) is 11.4 Å². The van der Waals surface area contributed by atoms with E-state index in [1.807, 2.05) is 29.1 Å². The highest BCUT2D eigenvalue weighted by Gasteiger charge is 2.11. The van der Waals surface area contributed by atoms with E-state index in [0.717, 1.165) is 15.9 Å². The second-order valence-corrected chi connectivity index (χ2v) is 4.68. The van der Waals surface area contributed by atoms with Crippen LogP contribution in [0.2, 0.25) is 0 Å². The second kappa shape index (κ2) is 4.47. The zero-order valence-electron chi connectivity index (χ0n) is 8.04. The molecule has 2 aromatic rings. The first-order chi connectivity index (χ1) is 7.33. The maximum absolute atomic E-state index is 8.48. The molecule has 0 aliphatic heterocycles. The predicted octanol–water partition coefficient (Wildman–Crippen LogP) is 2.16. The highest BCUT2D eigenvalue weighted by atomic mass is 32.2. The minimum absolute atomic E-state index is 0.399. The molecule has 2 aromatic heterocycles. The van der Waals surface area contributed by atoms with Crippen LogP contribution in [0.15, 0.2) is 22.7 Å². The van der Waals surface area contributed by atoms with E-state index >= 15 is 0 Å². The van der Waals surface area contributed by atoms with Crippen molar-refractivity contribution in [3.05, 3.63) is 17.5 Å². The Morgan fingerprint density at radius 1 is 1.60 bits per heavy atom. The minimum Gasteiger partial charge on any atom is -0.304 e. The predicted molar refractivity (Wildman–Crippen MR) is 60.7 cm³/mol. The van der Waals surface area contributed by atoms with Crippen molar-refractivity contribution in [2.24, 2.45) is 7.05 Å². The minimum atomic E-state index is 0.399. The number of rotatable bonds is 3. The molecule has 0 saturated heterocycles. The molecule has 0 bridgehead atoms. The molecule has 0 atom stereocenters. The van der Waals surface area contributed by atoms with Crippen molar-refractivity contribution in [2.45, 2.75) is 5.16 Å². The third-order valence-corrected chi connectivity index (χ3v) is 3.60. The molecule has 0 unspecified atom stereocenters. The van der Waals surface area contributed by atoms with E-state index in [9.17, 15) is 0 Å². The maximum Gasteiger partial charge on any atom is 0.192 e. The third-order valence-electron chi connectivity index (χ3n) is 1.84. The molecule has 0 aliphatic rings. The van der Waals surface area contributed by atoms with E-state index in [-0.39, 0.29) is 0 Å². The smallest absolute Gasteiger partial charge is 0.192 e. The van der Waals surface area contributed by atoms with Crippen molar-refractivity contribution >= 4 is 23.1 Å². The van der Waals surface area contributed by atoms with Crippen LogP contribution in [0.1, 0.15) is 0 Å². The monoisotopic (exact) mass is 236 g/mol. The van der Waals surface area contributed by atoms with Gasteiger partial charge in [-0.2, -0.15) is 5.26 Å². The van der Waals surface area contributed by atoms with Crippen LogP contribution in [-0.4, -0.2) is 20.5 Å². The molecule has 4 nitrogen and oxygen atoms in total. The number of hydrogen-bond acceptors (Lipinski definition) is 5. The zero-order valence-corrected chi connectivity index (χ0v) is 9.68. The van der Waals surface area contributed by atoms with E-state index in [2.05, 4.69) is 16.3 Å². The van der Waals surface area contributed by atoms with Gasteiger partial charge in [0.05, 0.1) is 16.7 Å². The Balaban J connectivity index is 2.29. The number of aromatic nitrogens is 3. The summed E-state index contributed by atoms with van der Waals surface area (Å²) in [5.41, 5.74) is 0. The summed E-state index contributed by atoms with van der Waals surface area (Å²) in [7, 11) is 1.91. The van der Waals surface area contributed by atoms with E-state index in [4.69, 9.17) is 5.26 Å². The van der Waals surface area contributed by atoms with E-state index in [1.54, 1.807) is 11.3 Å². The normalized spacial score (nSPS) is 10.1. The van der Waals surface area contributed by atoms with Crippen LogP contribution in [0.4, 0.5) is 0 Å². The molecule has 0 amide bonds. The Kier molecular flexibility index (Phi) is 3.04. The lowest BCUT2D eigenvalue weighted by atomic mass is 10.4. The summed E-state index contributed by atoms with van der Waals surface area (Å²) in [6, 6.07) is 6.06. The molecule has 0 saturated carbocycles. The molecule has 0 radical (unpaired) electrons. The summed E-state index contributed by atoms with van der Waals surface area (Å²) < 4.78 is 1.91. The highest BCUT2D eigenvalue weighted by molar-refractivity contribution is 7.99. The van der Waals surface area contributed by atoms with E-state index < -0.39 is 0 Å². The quantitative estimate of drug-likeness (QED) is 0.766. The van der Waals surface area contributed by atoms with E-state index in [0.29, 0.717) is 5.75 Å². The van der Waals surface area contributed by atoms with Crippen LogP contribution in [0.3, 0.4) is 0 Å². The summed E-state index contributed by atoms with van der Waals surface area (Å²) >= 11 is 3.03. The van der Waals surface area contributed by atoms with Crippen molar-refractivity contribution < 1.29 is 0 Å². The molecule has 0 fully saturated rings. The van der Waals surface area contributed by atoms with Crippen molar-refractivity contribution in [3.63, 3.8) is 0 Å². The van der Waals surface area contributed by atoms with Gasteiger partial charge in [0, 0.05) is 7.05 Å². The molecule has 2 rings (SSSR count). The largest absolute Gasteiger partial charge is 0.304 e. The van der Waals surface area contributed by atoms with Crippen molar-refractivity contribution in [3.8, 4) is 16.8 Å². The fourth-order valence-corrected chi connectivity index (χ4v) is 2.47. The number of hydrogen-bond donors (Lipinski definition) is 0. The van der Waals surface area contributed by atoms with Gasteiger partial charge in [-0.25, -0.2) is 0 Å². The first kappa shape index (κ1) is 10.2. The molecule has 15 heavy (non-hydrogen) atoms. The molecule has 76 valence electrons. The van der Waals surface area contributed by atoms with Gasteiger partial charge in [-0.15, -0.1) is 21.5 Å². The van der Waals surface area contributed by atoms with Crippen LogP contribution >= 0.6 is 23.1 Å². The molecule has 0 spiro atoms.